The van der Waals surface area contributed by atoms with Crippen molar-refractivity contribution in [3.05, 3.63) is 68.8 Å². The van der Waals surface area contributed by atoms with Gasteiger partial charge in [0, 0.05) is 18.2 Å². The normalized spacial score (nSPS) is 15.0. The van der Waals surface area contributed by atoms with E-state index >= 15 is 0 Å². The van der Waals surface area contributed by atoms with Crippen LogP contribution in [0.25, 0.3) is 10.9 Å². The second-order valence-corrected chi connectivity index (χ2v) is 6.87. The fraction of sp³-hybridized carbons (Fsp3) is 0.350. The first-order chi connectivity index (χ1) is 13.0. The second-order valence-electron chi connectivity index (χ2n) is 6.87. The van der Waals surface area contributed by atoms with E-state index in [-0.39, 0.29) is 23.6 Å². The Hall–Kier alpha value is -3.09. The number of aromatic nitrogens is 2. The molecule has 0 aliphatic heterocycles. The molecule has 7 heteroatoms. The van der Waals surface area contributed by atoms with Gasteiger partial charge in [0.05, 0.1) is 23.2 Å². The summed E-state index contributed by atoms with van der Waals surface area (Å²) in [4.78, 5) is 42.2. The van der Waals surface area contributed by atoms with Crippen LogP contribution in [0.4, 0.5) is 0 Å². The molecule has 2 aromatic heterocycles. The molecule has 27 heavy (non-hydrogen) atoms. The molecule has 1 aliphatic carbocycles. The van der Waals surface area contributed by atoms with Crippen LogP contribution in [0.2, 0.25) is 0 Å². The van der Waals surface area contributed by atoms with Crippen LogP contribution < -0.4 is 11.2 Å². The van der Waals surface area contributed by atoms with Crippen LogP contribution >= 0.6 is 0 Å². The number of hydrogen-bond acceptors (Lipinski definition) is 4. The first kappa shape index (κ1) is 17.3. The van der Waals surface area contributed by atoms with Crippen molar-refractivity contribution in [3.8, 4) is 0 Å². The van der Waals surface area contributed by atoms with E-state index in [0.717, 1.165) is 23.2 Å². The highest BCUT2D eigenvalue weighted by atomic mass is 16.3. The lowest BCUT2D eigenvalue weighted by Crippen LogP contribution is -2.36. The van der Waals surface area contributed by atoms with Crippen molar-refractivity contribution in [2.45, 2.75) is 45.3 Å². The zero-order valence-electron chi connectivity index (χ0n) is 15.3. The van der Waals surface area contributed by atoms with E-state index in [9.17, 15) is 14.4 Å². The number of benzene rings is 1. The largest absolute Gasteiger partial charge is 0.467 e. The summed E-state index contributed by atoms with van der Waals surface area (Å²) in [6.45, 7) is 3.97. The number of furan rings is 1. The van der Waals surface area contributed by atoms with Crippen molar-refractivity contribution in [1.29, 1.82) is 0 Å². The van der Waals surface area contributed by atoms with Gasteiger partial charge in [-0.1, -0.05) is 0 Å². The Bertz CT molecular complexity index is 1110. The predicted octanol–water partition coefficient (Wildman–Crippen LogP) is 2.67. The lowest BCUT2D eigenvalue weighted by atomic mass is 10.1. The predicted molar refractivity (Wildman–Crippen MR) is 101 cm³/mol. The van der Waals surface area contributed by atoms with Crippen LogP contribution in [-0.2, 0) is 6.54 Å². The lowest BCUT2D eigenvalue weighted by molar-refractivity contribution is 0.0653. The number of H-pyrrole nitrogens is 1. The average Bonchev–Trinajstić information content (AvgIpc) is 3.32. The van der Waals surface area contributed by atoms with E-state index in [1.165, 1.54) is 0 Å². The molecule has 1 saturated carbocycles. The Morgan fingerprint density at radius 2 is 2.11 bits per heavy atom. The average molecular weight is 367 g/mol. The van der Waals surface area contributed by atoms with Crippen molar-refractivity contribution in [2.75, 3.05) is 0 Å². The summed E-state index contributed by atoms with van der Waals surface area (Å²) in [5, 5.41) is 0.394. The standard InChI is InChI=1S/C20H21N3O4/c1-3-22-19(25)15-9-6-13(11-16(15)21-20(22)26)18(24)23(14-7-8-14)12(2)17-5-4-10-27-17/h4-6,9-12,14H,3,7-8H2,1-2H3,(H,21,26). The molecular formula is C20H21N3O4. The minimum Gasteiger partial charge on any atom is -0.467 e. The summed E-state index contributed by atoms with van der Waals surface area (Å²) in [6.07, 6.45) is 3.52. The Kier molecular flexibility index (Phi) is 4.22. The Morgan fingerprint density at radius 3 is 2.74 bits per heavy atom. The molecule has 1 unspecified atom stereocenters. The van der Waals surface area contributed by atoms with Crippen LogP contribution in [0.1, 0.15) is 48.8 Å². The number of hydrogen-bond donors (Lipinski definition) is 1. The molecular weight excluding hydrogens is 346 g/mol. The lowest BCUT2D eigenvalue weighted by Gasteiger charge is -2.28. The fourth-order valence-electron chi connectivity index (χ4n) is 3.50. The summed E-state index contributed by atoms with van der Waals surface area (Å²) in [7, 11) is 0. The van der Waals surface area contributed by atoms with Gasteiger partial charge in [-0.05, 0) is 57.0 Å². The van der Waals surface area contributed by atoms with Gasteiger partial charge in [-0.15, -0.1) is 0 Å². The minimum atomic E-state index is -0.470. The highest BCUT2D eigenvalue weighted by Gasteiger charge is 2.37. The molecule has 2 heterocycles. The molecule has 0 spiro atoms. The Morgan fingerprint density at radius 1 is 1.33 bits per heavy atom. The van der Waals surface area contributed by atoms with Gasteiger partial charge in [-0.2, -0.15) is 0 Å². The maximum atomic E-state index is 13.2. The van der Waals surface area contributed by atoms with Gasteiger partial charge in [0.15, 0.2) is 0 Å². The molecule has 1 atom stereocenters. The number of amides is 1. The zero-order chi connectivity index (χ0) is 19.1. The molecule has 7 nitrogen and oxygen atoms in total. The van der Waals surface area contributed by atoms with Gasteiger partial charge in [0.1, 0.15) is 5.76 Å². The maximum Gasteiger partial charge on any atom is 0.328 e. The van der Waals surface area contributed by atoms with Crippen molar-refractivity contribution in [3.63, 3.8) is 0 Å². The highest BCUT2D eigenvalue weighted by Crippen LogP contribution is 2.35. The number of rotatable bonds is 5. The van der Waals surface area contributed by atoms with E-state index < -0.39 is 5.69 Å². The van der Waals surface area contributed by atoms with Crippen LogP contribution in [0.3, 0.4) is 0 Å². The van der Waals surface area contributed by atoms with Crippen molar-refractivity contribution in [2.24, 2.45) is 0 Å². The summed E-state index contributed by atoms with van der Waals surface area (Å²) >= 11 is 0. The third-order valence-corrected chi connectivity index (χ3v) is 5.09. The quantitative estimate of drug-likeness (QED) is 0.751. The van der Waals surface area contributed by atoms with Gasteiger partial charge in [0.25, 0.3) is 11.5 Å². The molecule has 4 rings (SSSR count). The minimum absolute atomic E-state index is 0.135. The second kappa shape index (κ2) is 6.57. The summed E-state index contributed by atoms with van der Waals surface area (Å²) < 4.78 is 6.62. The van der Waals surface area contributed by atoms with E-state index in [4.69, 9.17) is 4.42 Å². The summed E-state index contributed by atoms with van der Waals surface area (Å²) in [5.41, 5.74) is -0.0000866. The van der Waals surface area contributed by atoms with E-state index in [0.29, 0.717) is 23.0 Å². The molecule has 0 bridgehead atoms. The first-order valence-electron chi connectivity index (χ1n) is 9.14. The van der Waals surface area contributed by atoms with Gasteiger partial charge >= 0.3 is 5.69 Å². The highest BCUT2D eigenvalue weighted by molar-refractivity contribution is 5.98. The number of carbonyl (C=O) groups is 1. The SMILES string of the molecule is CCn1c(=O)[nH]c2cc(C(=O)N(C3CC3)C(C)c3ccco3)ccc2c1=O. The van der Waals surface area contributed by atoms with Crippen molar-refractivity contribution >= 4 is 16.8 Å². The molecule has 1 fully saturated rings. The van der Waals surface area contributed by atoms with Crippen LogP contribution in [0.5, 0.6) is 0 Å². The number of nitrogens with one attached hydrogen (secondary N) is 1. The van der Waals surface area contributed by atoms with Crippen molar-refractivity contribution in [1.82, 2.24) is 14.5 Å². The van der Waals surface area contributed by atoms with Gasteiger partial charge in [0.2, 0.25) is 0 Å². The number of fused-ring (bicyclic) bond motifs is 1. The zero-order valence-corrected chi connectivity index (χ0v) is 15.3. The number of nitrogens with zero attached hydrogens (tertiary/aromatic N) is 2. The molecule has 1 aliphatic rings. The Labute approximate surface area is 155 Å². The van der Waals surface area contributed by atoms with Crippen LogP contribution in [0.15, 0.2) is 50.6 Å². The first-order valence-corrected chi connectivity index (χ1v) is 9.14. The van der Waals surface area contributed by atoms with Gasteiger partial charge < -0.3 is 14.3 Å². The smallest absolute Gasteiger partial charge is 0.328 e. The number of carbonyl (C=O) groups excluding carboxylic acids is 1. The molecule has 0 radical (unpaired) electrons. The summed E-state index contributed by atoms with van der Waals surface area (Å²) in [6, 6.07) is 8.50. The fourth-order valence-corrected chi connectivity index (χ4v) is 3.50. The molecule has 1 N–H and O–H groups in total. The molecule has 0 saturated heterocycles. The summed E-state index contributed by atoms with van der Waals surface area (Å²) in [5.74, 6) is 0.596. The van der Waals surface area contributed by atoms with E-state index in [1.807, 2.05) is 17.9 Å². The van der Waals surface area contributed by atoms with E-state index in [1.54, 1.807) is 37.5 Å². The number of aromatic amines is 1. The molecule has 1 amide bonds. The maximum absolute atomic E-state index is 13.2. The Balaban J connectivity index is 1.75. The molecule has 1 aromatic carbocycles. The van der Waals surface area contributed by atoms with Crippen molar-refractivity contribution < 1.29 is 9.21 Å². The van der Waals surface area contributed by atoms with Crippen LogP contribution in [0, 0.1) is 0 Å². The van der Waals surface area contributed by atoms with Gasteiger partial charge in [-0.3, -0.25) is 14.2 Å². The van der Waals surface area contributed by atoms with E-state index in [2.05, 4.69) is 4.98 Å². The third kappa shape index (κ3) is 2.99. The van der Waals surface area contributed by atoms with Crippen LogP contribution in [-0.4, -0.2) is 26.4 Å². The van der Waals surface area contributed by atoms with Gasteiger partial charge in [-0.25, -0.2) is 4.79 Å². The molecule has 140 valence electrons. The monoisotopic (exact) mass is 367 g/mol. The molecule has 3 aromatic rings. The third-order valence-electron chi connectivity index (χ3n) is 5.09. The topological polar surface area (TPSA) is 88.3 Å².